The normalized spacial score (nSPS) is 25.5. The number of aryl methyl sites for hydroxylation is 1. The number of benzene rings is 1. The van der Waals surface area contributed by atoms with E-state index >= 15 is 0 Å². The molecule has 120 valence electrons. The summed E-state index contributed by atoms with van der Waals surface area (Å²) in [5, 5.41) is 9.62. The average Bonchev–Trinajstić information content (AvgIpc) is 3.25. The van der Waals surface area contributed by atoms with Gasteiger partial charge < -0.3 is 15.4 Å². The smallest absolute Gasteiger partial charge is 0.251 e. The number of nitrogens with one attached hydrogen (secondary N) is 2. The summed E-state index contributed by atoms with van der Waals surface area (Å²) in [5.74, 6) is 0.757. The van der Waals surface area contributed by atoms with Crippen molar-refractivity contribution >= 4 is 17.2 Å². The molecule has 5 heteroatoms. The Morgan fingerprint density at radius 1 is 1.30 bits per heavy atom. The molecule has 2 aliphatic heterocycles. The van der Waals surface area contributed by atoms with Crippen LogP contribution in [0.5, 0.6) is 10.8 Å². The molecule has 23 heavy (non-hydrogen) atoms. The number of hydrogen-bond donors (Lipinski definition) is 2. The van der Waals surface area contributed by atoms with Crippen molar-refractivity contribution in [1.29, 1.82) is 0 Å². The van der Waals surface area contributed by atoms with E-state index in [1.807, 2.05) is 37.3 Å². The monoisotopic (exact) mass is 328 g/mol. The van der Waals surface area contributed by atoms with Gasteiger partial charge in [-0.1, -0.05) is 0 Å². The van der Waals surface area contributed by atoms with Gasteiger partial charge >= 0.3 is 0 Å². The van der Waals surface area contributed by atoms with E-state index in [-0.39, 0.29) is 11.9 Å². The van der Waals surface area contributed by atoms with Gasteiger partial charge in [-0.05, 0) is 67.5 Å². The maximum absolute atomic E-state index is 12.4. The second-order valence-electron chi connectivity index (χ2n) is 6.43. The zero-order valence-corrected chi connectivity index (χ0v) is 13.9. The quantitative estimate of drug-likeness (QED) is 0.903. The first-order chi connectivity index (χ1) is 11.2. The van der Waals surface area contributed by atoms with E-state index in [0.717, 1.165) is 17.2 Å². The van der Waals surface area contributed by atoms with Crippen LogP contribution in [0.15, 0.2) is 35.7 Å². The molecule has 0 saturated carbocycles. The molecule has 0 unspecified atom stereocenters. The standard InChI is InChI=1S/C18H20N2O2S/c1-11-8-17(23-10-11)22-14-5-2-12(3-6-14)18(21)20-16-9-13-4-7-15(16)19-13/h2-3,5-6,8,10,13,15-16,19H,4,7,9H2,1H3,(H,20,21)/t13-,15+,16-/m1/s1. The lowest BCUT2D eigenvalue weighted by atomic mass is 9.95. The van der Waals surface area contributed by atoms with Crippen molar-refractivity contribution in [3.8, 4) is 10.8 Å². The molecule has 2 fully saturated rings. The fourth-order valence-electron chi connectivity index (χ4n) is 3.48. The van der Waals surface area contributed by atoms with Crippen molar-refractivity contribution in [1.82, 2.24) is 10.6 Å². The van der Waals surface area contributed by atoms with Gasteiger partial charge in [-0.25, -0.2) is 0 Å². The maximum atomic E-state index is 12.4. The predicted molar refractivity (Wildman–Crippen MR) is 91.4 cm³/mol. The summed E-state index contributed by atoms with van der Waals surface area (Å²) < 4.78 is 5.78. The van der Waals surface area contributed by atoms with E-state index in [9.17, 15) is 4.79 Å². The first-order valence-electron chi connectivity index (χ1n) is 8.07. The molecule has 0 aliphatic carbocycles. The molecule has 2 N–H and O–H groups in total. The zero-order chi connectivity index (χ0) is 15.8. The molecule has 4 nitrogen and oxygen atoms in total. The molecule has 2 aliphatic rings. The number of amides is 1. The van der Waals surface area contributed by atoms with E-state index in [1.54, 1.807) is 11.3 Å². The van der Waals surface area contributed by atoms with Crippen molar-refractivity contribution in [3.63, 3.8) is 0 Å². The molecule has 1 aromatic heterocycles. The molecular weight excluding hydrogens is 308 g/mol. The highest BCUT2D eigenvalue weighted by Gasteiger charge is 2.39. The van der Waals surface area contributed by atoms with E-state index in [0.29, 0.717) is 17.6 Å². The van der Waals surface area contributed by atoms with Crippen molar-refractivity contribution in [3.05, 3.63) is 46.8 Å². The van der Waals surface area contributed by atoms with Crippen LogP contribution < -0.4 is 15.4 Å². The lowest BCUT2D eigenvalue weighted by molar-refractivity contribution is 0.0931. The third-order valence-electron chi connectivity index (χ3n) is 4.66. The Morgan fingerprint density at radius 3 is 2.74 bits per heavy atom. The number of rotatable bonds is 4. The molecule has 2 aromatic rings. The van der Waals surface area contributed by atoms with Gasteiger partial charge in [-0.3, -0.25) is 4.79 Å². The summed E-state index contributed by atoms with van der Waals surface area (Å²) in [7, 11) is 0. The Balaban J connectivity index is 1.38. The van der Waals surface area contributed by atoms with Gasteiger partial charge in [-0.15, -0.1) is 11.3 Å². The first-order valence-corrected chi connectivity index (χ1v) is 8.95. The Kier molecular flexibility index (Phi) is 3.83. The Morgan fingerprint density at radius 2 is 2.13 bits per heavy atom. The van der Waals surface area contributed by atoms with E-state index in [1.165, 1.54) is 18.4 Å². The second-order valence-corrected chi connectivity index (χ2v) is 7.31. The van der Waals surface area contributed by atoms with Crippen molar-refractivity contribution < 1.29 is 9.53 Å². The van der Waals surface area contributed by atoms with Crippen LogP contribution in [-0.4, -0.2) is 24.0 Å². The molecule has 3 heterocycles. The third-order valence-corrected chi connectivity index (χ3v) is 5.58. The van der Waals surface area contributed by atoms with Crippen LogP contribution in [-0.2, 0) is 0 Å². The van der Waals surface area contributed by atoms with Crippen LogP contribution in [0.4, 0.5) is 0 Å². The number of thiophene rings is 1. The van der Waals surface area contributed by atoms with Gasteiger partial charge in [0.2, 0.25) is 0 Å². The molecular formula is C18H20N2O2S. The molecule has 3 atom stereocenters. The molecule has 2 saturated heterocycles. The summed E-state index contributed by atoms with van der Waals surface area (Å²) in [6.07, 6.45) is 3.46. The van der Waals surface area contributed by atoms with Gasteiger partial charge in [0.15, 0.2) is 5.06 Å². The lowest BCUT2D eigenvalue weighted by Gasteiger charge is -2.21. The minimum atomic E-state index is 0.00266. The molecule has 4 rings (SSSR count). The highest BCUT2D eigenvalue weighted by Crippen LogP contribution is 2.29. The van der Waals surface area contributed by atoms with Crippen LogP contribution >= 0.6 is 11.3 Å². The first kappa shape index (κ1) is 14.7. The van der Waals surface area contributed by atoms with Gasteiger partial charge in [0.1, 0.15) is 5.75 Å². The van der Waals surface area contributed by atoms with Crippen LogP contribution in [0, 0.1) is 6.92 Å². The molecule has 1 aromatic carbocycles. The predicted octanol–water partition coefficient (Wildman–Crippen LogP) is 3.47. The topological polar surface area (TPSA) is 50.4 Å². The molecule has 1 amide bonds. The van der Waals surface area contributed by atoms with Crippen molar-refractivity contribution in [2.45, 2.75) is 44.3 Å². The average molecular weight is 328 g/mol. The minimum absolute atomic E-state index is 0.00266. The van der Waals surface area contributed by atoms with Crippen LogP contribution in [0.3, 0.4) is 0 Å². The third kappa shape index (κ3) is 3.12. The fraction of sp³-hybridized carbons (Fsp3) is 0.389. The van der Waals surface area contributed by atoms with Crippen molar-refractivity contribution in [2.24, 2.45) is 0 Å². The summed E-state index contributed by atoms with van der Waals surface area (Å²) in [6.45, 7) is 2.04. The van der Waals surface area contributed by atoms with E-state index in [2.05, 4.69) is 16.0 Å². The Hall–Kier alpha value is -1.85. The fourth-order valence-corrected chi connectivity index (χ4v) is 4.25. The second kappa shape index (κ2) is 5.98. The maximum Gasteiger partial charge on any atom is 0.251 e. The van der Waals surface area contributed by atoms with Crippen molar-refractivity contribution in [2.75, 3.05) is 0 Å². The molecule has 2 bridgehead atoms. The highest BCUT2D eigenvalue weighted by molar-refractivity contribution is 7.12. The van der Waals surface area contributed by atoms with Gasteiger partial charge in [0.25, 0.3) is 5.91 Å². The molecule has 0 spiro atoms. The van der Waals surface area contributed by atoms with Gasteiger partial charge in [0.05, 0.1) is 0 Å². The number of carbonyl (C=O) groups excluding carboxylic acids is 1. The van der Waals surface area contributed by atoms with Crippen LogP contribution in [0.1, 0.15) is 35.2 Å². The van der Waals surface area contributed by atoms with Gasteiger partial charge in [-0.2, -0.15) is 0 Å². The van der Waals surface area contributed by atoms with E-state index in [4.69, 9.17) is 4.74 Å². The largest absolute Gasteiger partial charge is 0.447 e. The lowest BCUT2D eigenvalue weighted by Crippen LogP contribution is -2.42. The van der Waals surface area contributed by atoms with Crippen LogP contribution in [0.2, 0.25) is 0 Å². The van der Waals surface area contributed by atoms with Crippen LogP contribution in [0.25, 0.3) is 0 Å². The Labute approximate surface area is 139 Å². The highest BCUT2D eigenvalue weighted by atomic mass is 32.1. The summed E-state index contributed by atoms with van der Waals surface area (Å²) in [5.41, 5.74) is 1.88. The number of hydrogen-bond acceptors (Lipinski definition) is 4. The SMILES string of the molecule is Cc1csc(Oc2ccc(C(=O)N[C@@H]3C[C@H]4CC[C@@H]3N4)cc2)c1. The van der Waals surface area contributed by atoms with E-state index < -0.39 is 0 Å². The number of ether oxygens (including phenoxy) is 1. The summed E-state index contributed by atoms with van der Waals surface area (Å²) in [6, 6.07) is 10.7. The number of fused-ring (bicyclic) bond motifs is 2. The van der Waals surface area contributed by atoms with Gasteiger partial charge in [0, 0.05) is 23.7 Å². The molecule has 0 radical (unpaired) electrons. The Bertz CT molecular complexity index is 710. The minimum Gasteiger partial charge on any atom is -0.447 e. The summed E-state index contributed by atoms with van der Waals surface area (Å²) in [4.78, 5) is 12.4. The summed E-state index contributed by atoms with van der Waals surface area (Å²) >= 11 is 1.57. The number of carbonyl (C=O) groups is 1. The zero-order valence-electron chi connectivity index (χ0n) is 13.0.